The van der Waals surface area contributed by atoms with Gasteiger partial charge in [-0.2, -0.15) is 10.2 Å². The van der Waals surface area contributed by atoms with Crippen LogP contribution in [0.1, 0.15) is 29.3 Å². The first-order valence-corrected chi connectivity index (χ1v) is 14.0. The number of H-pyrrole nitrogens is 1. The van der Waals surface area contributed by atoms with E-state index in [0.717, 1.165) is 22.3 Å². The molecule has 1 aliphatic rings. The van der Waals surface area contributed by atoms with Gasteiger partial charge in [0.2, 0.25) is 11.1 Å². The fraction of sp³-hybridized carbons (Fsp3) is 0.276. The molecule has 1 atom stereocenters. The number of ether oxygens (including phenoxy) is 2. The molecule has 1 unspecified atom stereocenters. The molecule has 6 rings (SSSR count). The van der Waals surface area contributed by atoms with Crippen molar-refractivity contribution in [2.24, 2.45) is 5.28 Å². The predicted octanol–water partition coefficient (Wildman–Crippen LogP) is 3.32. The van der Waals surface area contributed by atoms with Crippen molar-refractivity contribution in [3.8, 4) is 28.5 Å². The van der Waals surface area contributed by atoms with Gasteiger partial charge in [-0.15, -0.1) is 15.2 Å². The molecule has 226 valence electrons. The molecule has 1 aliphatic heterocycles. The van der Waals surface area contributed by atoms with Gasteiger partial charge >= 0.3 is 5.97 Å². The average molecular weight is 600 g/mol. The minimum Gasteiger partial charge on any atom is -0.569 e. The number of β-amino-alcohol motifs (C(OH)–C–C–N with tert-alkyl or cyclic N) is 1. The number of nitrogens with one attached hydrogen (secondary N) is 1. The number of aliphatic hydroxyl groups is 1. The summed E-state index contributed by atoms with van der Waals surface area (Å²) in [4.78, 5) is 22.9. The van der Waals surface area contributed by atoms with Gasteiger partial charge in [-0.25, -0.2) is 4.79 Å². The number of hydrogen-bond donors (Lipinski definition) is 2. The molecule has 2 N–H and O–H groups in total. The molecule has 1 fully saturated rings. The highest BCUT2D eigenvalue weighted by Crippen LogP contribution is 2.31. The second-order valence-electron chi connectivity index (χ2n) is 9.93. The molecule has 0 radical (unpaired) electrons. The lowest BCUT2D eigenvalue weighted by atomic mass is 9.98. The van der Waals surface area contributed by atoms with Crippen LogP contribution in [-0.4, -0.2) is 83.8 Å². The Labute approximate surface area is 250 Å². The smallest absolute Gasteiger partial charge is 0.343 e. The average Bonchev–Trinajstić information content (AvgIpc) is 3.81. The van der Waals surface area contributed by atoms with Gasteiger partial charge in [0.25, 0.3) is 12.8 Å². The third kappa shape index (κ3) is 5.98. The maximum atomic E-state index is 13.1. The zero-order valence-corrected chi connectivity index (χ0v) is 23.7. The van der Waals surface area contributed by atoms with Crippen molar-refractivity contribution in [2.45, 2.75) is 26.0 Å². The van der Waals surface area contributed by atoms with Crippen molar-refractivity contribution in [3.63, 3.8) is 0 Å². The second-order valence-corrected chi connectivity index (χ2v) is 9.93. The number of hydrogen-bond acceptors (Lipinski definition) is 11. The predicted molar refractivity (Wildman–Crippen MR) is 155 cm³/mol. The topological polar surface area (TPSA) is 179 Å². The SMILES string of the molecule is CCOc1nc2cccc(C(=O)OCO/N=[N+](/[O-])N3CCC(O)C3)c2n1Cc1ccc(-c2ccccc2-c2nn[nH]n2)cc1. The zero-order chi connectivity index (χ0) is 30.5. The number of benzene rings is 3. The number of aromatic amines is 1. The monoisotopic (exact) mass is 599 g/mol. The van der Waals surface area contributed by atoms with Gasteiger partial charge in [0.15, 0.2) is 0 Å². The van der Waals surface area contributed by atoms with Crippen LogP contribution < -0.4 is 4.74 Å². The van der Waals surface area contributed by atoms with Gasteiger partial charge in [0.1, 0.15) is 6.54 Å². The quantitative estimate of drug-likeness (QED) is 0.0568. The number of carbonyl (C=O) groups is 1. The summed E-state index contributed by atoms with van der Waals surface area (Å²) in [5.74, 6) is -0.177. The van der Waals surface area contributed by atoms with E-state index in [1.807, 2.05) is 60.0 Å². The van der Waals surface area contributed by atoms with Crippen molar-refractivity contribution < 1.29 is 29.2 Å². The van der Waals surface area contributed by atoms with E-state index in [1.165, 1.54) is 5.01 Å². The number of carbonyl (C=O) groups excluding carboxylic acids is 1. The molecule has 1 saturated heterocycles. The number of aromatic nitrogens is 6. The molecule has 2 aromatic heterocycles. The molecule has 0 spiro atoms. The molecular formula is C29H29N9O6. The van der Waals surface area contributed by atoms with Crippen LogP contribution in [0.2, 0.25) is 0 Å². The highest BCUT2D eigenvalue weighted by atomic mass is 16.8. The fourth-order valence-electron chi connectivity index (χ4n) is 5.05. The number of aliphatic hydroxyl groups excluding tert-OH is 1. The standard InChI is InChI=1S/C29H29N9O6/c1-2-42-29-30-25-9-5-8-24(28(40)43-18-44-35-38(41)36-15-14-21(39)17-36)26(25)37(29)16-19-10-12-20(13-11-19)22-6-3-4-7-23(22)27-31-33-34-32-27/h3-13,21,39H,2,14-18H2,1H3,(H,31,32,33,34)/b38-35+. The molecular weight excluding hydrogens is 570 g/mol. The molecule has 5 aromatic rings. The summed E-state index contributed by atoms with van der Waals surface area (Å²) in [7, 11) is 0. The summed E-state index contributed by atoms with van der Waals surface area (Å²) in [5, 5.41) is 40.6. The molecule has 0 amide bonds. The molecule has 0 saturated carbocycles. The van der Waals surface area contributed by atoms with Crippen LogP contribution in [0, 0.1) is 5.21 Å². The number of esters is 1. The van der Waals surface area contributed by atoms with Crippen molar-refractivity contribution >= 4 is 17.0 Å². The first-order valence-electron chi connectivity index (χ1n) is 14.0. The first kappa shape index (κ1) is 28.5. The van der Waals surface area contributed by atoms with E-state index in [0.29, 0.717) is 49.0 Å². The number of tetrazole rings is 1. The highest BCUT2D eigenvalue weighted by Gasteiger charge is 2.26. The summed E-state index contributed by atoms with van der Waals surface area (Å²) in [6.07, 6.45) is -0.131. The maximum absolute atomic E-state index is 13.1. The van der Waals surface area contributed by atoms with Crippen LogP contribution in [-0.2, 0) is 16.1 Å². The van der Waals surface area contributed by atoms with Gasteiger partial charge in [0, 0.05) is 5.56 Å². The normalized spacial score (nSPS) is 15.1. The van der Waals surface area contributed by atoms with Crippen LogP contribution in [0.5, 0.6) is 6.01 Å². The van der Waals surface area contributed by atoms with E-state index >= 15 is 0 Å². The van der Waals surface area contributed by atoms with Crippen LogP contribution in [0.4, 0.5) is 0 Å². The Morgan fingerprint density at radius 3 is 2.68 bits per heavy atom. The van der Waals surface area contributed by atoms with E-state index in [1.54, 1.807) is 18.2 Å². The van der Waals surface area contributed by atoms with E-state index < -0.39 is 18.9 Å². The molecule has 15 nitrogen and oxygen atoms in total. The third-order valence-electron chi connectivity index (χ3n) is 7.10. The Balaban J connectivity index is 1.22. The van der Waals surface area contributed by atoms with Crippen LogP contribution >= 0.6 is 0 Å². The van der Waals surface area contributed by atoms with Crippen LogP contribution in [0.3, 0.4) is 0 Å². The summed E-state index contributed by atoms with van der Waals surface area (Å²) in [6, 6.07) is 21.3. The van der Waals surface area contributed by atoms with Gasteiger partial charge < -0.3 is 24.6 Å². The molecule has 3 aromatic carbocycles. The highest BCUT2D eigenvalue weighted by molar-refractivity contribution is 6.02. The molecule has 3 heterocycles. The van der Waals surface area contributed by atoms with Crippen LogP contribution in [0.25, 0.3) is 33.5 Å². The largest absolute Gasteiger partial charge is 0.569 e. The van der Waals surface area contributed by atoms with E-state index in [9.17, 15) is 15.1 Å². The fourth-order valence-corrected chi connectivity index (χ4v) is 5.05. The number of fused-ring (bicyclic) bond motifs is 1. The van der Waals surface area contributed by atoms with E-state index in [4.69, 9.17) is 14.3 Å². The van der Waals surface area contributed by atoms with Crippen molar-refractivity contribution in [1.29, 1.82) is 0 Å². The summed E-state index contributed by atoms with van der Waals surface area (Å²) in [5.41, 5.74) is 5.06. The van der Waals surface area contributed by atoms with Gasteiger partial charge in [-0.3, -0.25) is 4.57 Å². The zero-order valence-electron chi connectivity index (χ0n) is 23.7. The summed E-state index contributed by atoms with van der Waals surface area (Å²) < 4.78 is 12.9. The lowest BCUT2D eigenvalue weighted by Gasteiger charge is -2.13. The minimum absolute atomic E-state index is 0.153. The van der Waals surface area contributed by atoms with Gasteiger partial charge in [0.05, 0.1) is 47.4 Å². The van der Waals surface area contributed by atoms with Crippen molar-refractivity contribution in [3.05, 3.63) is 83.1 Å². The number of rotatable bonds is 11. The lowest BCUT2D eigenvalue weighted by Crippen LogP contribution is -2.29. The van der Waals surface area contributed by atoms with Gasteiger partial charge in [-0.05, 0) is 47.4 Å². The number of nitrogens with zero attached hydrogens (tertiary/aromatic N) is 8. The Hall–Kier alpha value is -5.57. The Morgan fingerprint density at radius 2 is 1.95 bits per heavy atom. The molecule has 15 heteroatoms. The number of hydrazine groups is 1. The van der Waals surface area contributed by atoms with Crippen molar-refractivity contribution in [2.75, 3.05) is 26.5 Å². The van der Waals surface area contributed by atoms with E-state index in [-0.39, 0.29) is 17.1 Å². The summed E-state index contributed by atoms with van der Waals surface area (Å²) >= 11 is 0. The Kier molecular flexibility index (Phi) is 8.27. The first-order chi connectivity index (χ1) is 21.5. The minimum atomic E-state index is -0.683. The summed E-state index contributed by atoms with van der Waals surface area (Å²) in [6.45, 7) is 2.52. The number of para-hydroxylation sites is 1. The molecule has 0 aliphatic carbocycles. The third-order valence-corrected chi connectivity index (χ3v) is 7.10. The lowest BCUT2D eigenvalue weighted by molar-refractivity contribution is -0.708. The van der Waals surface area contributed by atoms with Crippen molar-refractivity contribution in [1.82, 2.24) is 35.2 Å². The maximum Gasteiger partial charge on any atom is 0.343 e. The van der Waals surface area contributed by atoms with Gasteiger partial charge in [-0.1, -0.05) is 54.6 Å². The van der Waals surface area contributed by atoms with E-state index in [2.05, 4.69) is 30.9 Å². The molecule has 44 heavy (non-hydrogen) atoms. The Morgan fingerprint density at radius 1 is 1.14 bits per heavy atom. The number of imidazole rings is 1. The van der Waals surface area contributed by atoms with Crippen LogP contribution in [0.15, 0.2) is 72.0 Å². The second kappa shape index (κ2) is 12.7. The Bertz CT molecular complexity index is 1770. The molecule has 0 bridgehead atoms.